The Hall–Kier alpha value is -2.65. The number of rotatable bonds is 8. The third-order valence-corrected chi connectivity index (χ3v) is 6.89. The van der Waals surface area contributed by atoms with E-state index in [1.165, 1.54) is 19.1 Å². The number of carbonyl (C=O) groups is 1. The number of nitrogens with one attached hydrogen (secondary N) is 2. The highest BCUT2D eigenvalue weighted by Crippen LogP contribution is 2.55. The van der Waals surface area contributed by atoms with Crippen LogP contribution in [-0.2, 0) is 17.6 Å². The molecule has 0 unspecified atom stereocenters. The molecule has 1 spiro atoms. The van der Waals surface area contributed by atoms with Gasteiger partial charge in [-0.05, 0) is 47.6 Å². The van der Waals surface area contributed by atoms with Crippen LogP contribution < -0.4 is 15.4 Å². The Morgan fingerprint density at radius 1 is 1.22 bits per heavy atom. The molecule has 1 aliphatic carbocycles. The van der Waals surface area contributed by atoms with Crippen LogP contribution in [0.1, 0.15) is 69.7 Å². The van der Waals surface area contributed by atoms with E-state index < -0.39 is 23.7 Å². The molecule has 1 aromatic heterocycles. The van der Waals surface area contributed by atoms with E-state index in [1.54, 1.807) is 18.3 Å². The van der Waals surface area contributed by atoms with Gasteiger partial charge in [0.15, 0.2) is 0 Å². The zero-order valence-corrected chi connectivity index (χ0v) is 21.8. The highest BCUT2D eigenvalue weighted by Gasteiger charge is 2.61. The molecule has 9 heteroatoms. The number of aliphatic hydroxyl groups is 1. The van der Waals surface area contributed by atoms with Crippen molar-refractivity contribution >= 4 is 5.91 Å². The maximum absolute atomic E-state index is 13.9. The quantitative estimate of drug-likeness (QED) is 0.479. The molecule has 0 saturated heterocycles. The number of amides is 1. The summed E-state index contributed by atoms with van der Waals surface area (Å²) < 4.78 is 47.1. The average molecular weight is 520 g/mol. The van der Waals surface area contributed by atoms with Crippen molar-refractivity contribution in [2.24, 2.45) is 5.41 Å². The van der Waals surface area contributed by atoms with Crippen molar-refractivity contribution < 1.29 is 27.8 Å². The highest BCUT2D eigenvalue weighted by atomic mass is 19.3. The van der Waals surface area contributed by atoms with Crippen LogP contribution in [-0.4, -0.2) is 46.2 Å². The smallest absolute Gasteiger partial charge is 0.255 e. The summed E-state index contributed by atoms with van der Waals surface area (Å²) in [5.74, 6) is -3.08. The van der Waals surface area contributed by atoms with Crippen molar-refractivity contribution in [2.75, 3.05) is 6.54 Å². The van der Waals surface area contributed by atoms with Gasteiger partial charge in [-0.15, -0.1) is 0 Å². The molecule has 0 radical (unpaired) electrons. The number of fused-ring (bicyclic) bond motifs is 1. The molecule has 1 fully saturated rings. The molecular weight excluding hydrogens is 483 g/mol. The van der Waals surface area contributed by atoms with E-state index in [0.29, 0.717) is 18.7 Å². The molecule has 37 heavy (non-hydrogen) atoms. The first-order valence-electron chi connectivity index (χ1n) is 12.7. The standard InChI is InChI=1S/C28H36F3N3O3/c1-17(35)34-22(10-18-5-7-20(29)8-6-18)24(36)14-32-23-12-27(15-28(30,31)16-27)37-25-21(23)9-19(13-33-25)11-26(2,3)4/h5-9,13,22-24,32,36H,10-12,14-16H2,1-4H3,(H,34,35)/t22-,23-,24+/m0/s1. The lowest BCUT2D eigenvalue weighted by Crippen LogP contribution is -2.59. The van der Waals surface area contributed by atoms with Crippen LogP contribution in [0.25, 0.3) is 0 Å². The zero-order valence-electron chi connectivity index (χ0n) is 21.8. The van der Waals surface area contributed by atoms with Crippen LogP contribution in [0, 0.1) is 11.2 Å². The molecule has 3 N–H and O–H groups in total. The molecule has 0 bridgehead atoms. The lowest BCUT2D eigenvalue weighted by molar-refractivity contribution is -0.203. The third-order valence-electron chi connectivity index (χ3n) is 6.89. The molecule has 202 valence electrons. The molecule has 1 saturated carbocycles. The summed E-state index contributed by atoms with van der Waals surface area (Å²) in [6, 6.07) is 6.92. The fraction of sp³-hybridized carbons (Fsp3) is 0.571. The Kier molecular flexibility index (Phi) is 7.59. The number of hydrogen-bond acceptors (Lipinski definition) is 5. The normalized spacial score (nSPS) is 21.4. The van der Waals surface area contributed by atoms with Gasteiger partial charge in [0.25, 0.3) is 5.92 Å². The number of pyridine rings is 1. The maximum atomic E-state index is 13.9. The first-order valence-corrected chi connectivity index (χ1v) is 12.7. The number of ether oxygens (including phenoxy) is 1. The topological polar surface area (TPSA) is 83.5 Å². The second-order valence-electron chi connectivity index (χ2n) is 11.8. The maximum Gasteiger partial charge on any atom is 0.255 e. The average Bonchev–Trinajstić information content (AvgIpc) is 2.76. The molecule has 3 atom stereocenters. The number of nitrogens with zero attached hydrogens (tertiary/aromatic N) is 1. The number of carbonyl (C=O) groups excluding carboxylic acids is 1. The van der Waals surface area contributed by atoms with Crippen LogP contribution in [0.5, 0.6) is 5.88 Å². The molecule has 1 amide bonds. The number of aromatic nitrogens is 1. The van der Waals surface area contributed by atoms with Gasteiger partial charge in [-0.1, -0.05) is 32.9 Å². The first-order chi connectivity index (χ1) is 17.2. The molecule has 1 aliphatic heterocycles. The van der Waals surface area contributed by atoms with Gasteiger partial charge >= 0.3 is 0 Å². The van der Waals surface area contributed by atoms with Gasteiger partial charge in [0.2, 0.25) is 11.8 Å². The van der Waals surface area contributed by atoms with E-state index in [4.69, 9.17) is 4.74 Å². The summed E-state index contributed by atoms with van der Waals surface area (Å²) >= 11 is 0. The Morgan fingerprint density at radius 3 is 2.49 bits per heavy atom. The van der Waals surface area contributed by atoms with Gasteiger partial charge in [0.1, 0.15) is 11.4 Å². The van der Waals surface area contributed by atoms with E-state index in [-0.39, 0.29) is 42.6 Å². The Labute approximate surface area is 216 Å². The van der Waals surface area contributed by atoms with Crippen LogP contribution in [0.4, 0.5) is 13.2 Å². The second kappa shape index (κ2) is 10.3. The minimum atomic E-state index is -2.76. The van der Waals surface area contributed by atoms with Crippen molar-refractivity contribution in [3.8, 4) is 5.88 Å². The molecule has 4 rings (SSSR count). The van der Waals surface area contributed by atoms with Gasteiger partial charge < -0.3 is 20.5 Å². The molecule has 6 nitrogen and oxygen atoms in total. The summed E-state index contributed by atoms with van der Waals surface area (Å²) in [6.45, 7) is 7.86. The van der Waals surface area contributed by atoms with E-state index >= 15 is 0 Å². The number of benzene rings is 1. The van der Waals surface area contributed by atoms with Gasteiger partial charge in [-0.25, -0.2) is 18.2 Å². The lowest BCUT2D eigenvalue weighted by atomic mass is 9.70. The molecule has 2 aliphatic rings. The summed E-state index contributed by atoms with van der Waals surface area (Å²) in [4.78, 5) is 16.3. The van der Waals surface area contributed by atoms with E-state index in [0.717, 1.165) is 23.1 Å². The monoisotopic (exact) mass is 519 g/mol. The van der Waals surface area contributed by atoms with Gasteiger partial charge in [-0.3, -0.25) is 4.79 Å². The largest absolute Gasteiger partial charge is 0.470 e. The third kappa shape index (κ3) is 7.02. The van der Waals surface area contributed by atoms with Crippen LogP contribution in [0.3, 0.4) is 0 Å². The highest BCUT2D eigenvalue weighted by molar-refractivity contribution is 5.73. The predicted octanol–water partition coefficient (Wildman–Crippen LogP) is 4.50. The van der Waals surface area contributed by atoms with Gasteiger partial charge in [0, 0.05) is 37.7 Å². The molecular formula is C28H36F3N3O3. The van der Waals surface area contributed by atoms with E-state index in [2.05, 4.69) is 36.4 Å². The summed E-state index contributed by atoms with van der Waals surface area (Å²) in [6.07, 6.45) is 1.43. The van der Waals surface area contributed by atoms with Crippen LogP contribution in [0.2, 0.25) is 0 Å². The fourth-order valence-corrected chi connectivity index (χ4v) is 5.40. The summed E-state index contributed by atoms with van der Waals surface area (Å²) in [5.41, 5.74) is 1.60. The predicted molar refractivity (Wildman–Crippen MR) is 134 cm³/mol. The first kappa shape index (κ1) is 27.4. The lowest BCUT2D eigenvalue weighted by Gasteiger charge is -2.51. The number of alkyl halides is 2. The number of halogens is 3. The summed E-state index contributed by atoms with van der Waals surface area (Å²) in [7, 11) is 0. The van der Waals surface area contributed by atoms with E-state index in [9.17, 15) is 23.1 Å². The summed E-state index contributed by atoms with van der Waals surface area (Å²) in [5, 5.41) is 17.1. The Bertz CT molecular complexity index is 1110. The van der Waals surface area contributed by atoms with Crippen LogP contribution in [0.15, 0.2) is 36.5 Å². The molecule has 1 aromatic carbocycles. The fourth-order valence-electron chi connectivity index (χ4n) is 5.40. The molecule has 2 aromatic rings. The second-order valence-corrected chi connectivity index (χ2v) is 11.8. The minimum Gasteiger partial charge on any atom is -0.470 e. The Morgan fingerprint density at radius 2 is 1.89 bits per heavy atom. The van der Waals surface area contributed by atoms with Gasteiger partial charge in [0.05, 0.1) is 25.0 Å². The number of hydrogen-bond donors (Lipinski definition) is 3. The van der Waals surface area contributed by atoms with Crippen molar-refractivity contribution in [1.82, 2.24) is 15.6 Å². The van der Waals surface area contributed by atoms with Crippen molar-refractivity contribution in [3.05, 3.63) is 59.0 Å². The zero-order chi connectivity index (χ0) is 27.0. The minimum absolute atomic E-state index is 0.0355. The SMILES string of the molecule is CC(=O)N[C@@H](Cc1ccc(F)cc1)[C@H](O)CN[C@H]1CC2(CC(F)(F)C2)Oc2ncc(CC(C)(C)C)cc21. The Balaban J connectivity index is 1.52. The number of aliphatic hydroxyl groups excluding tert-OH is 1. The van der Waals surface area contributed by atoms with Gasteiger partial charge in [-0.2, -0.15) is 0 Å². The van der Waals surface area contributed by atoms with E-state index in [1.807, 2.05) is 6.07 Å². The van der Waals surface area contributed by atoms with Crippen molar-refractivity contribution in [1.29, 1.82) is 0 Å². The van der Waals surface area contributed by atoms with Crippen molar-refractivity contribution in [2.45, 2.75) is 89.5 Å². The van der Waals surface area contributed by atoms with Crippen LogP contribution >= 0.6 is 0 Å². The molecule has 2 heterocycles. The van der Waals surface area contributed by atoms with Crippen molar-refractivity contribution in [3.63, 3.8) is 0 Å².